The van der Waals surface area contributed by atoms with Gasteiger partial charge in [-0.25, -0.2) is 4.79 Å². The van der Waals surface area contributed by atoms with Crippen molar-refractivity contribution < 1.29 is 9.53 Å². The monoisotopic (exact) mass is 198 g/mol. The van der Waals surface area contributed by atoms with Crippen LogP contribution in [0.4, 0.5) is 4.79 Å². The molecule has 1 atom stereocenters. The Bertz CT molecular complexity index is 243. The Morgan fingerprint density at radius 3 is 2.79 bits per heavy atom. The minimum atomic E-state index is -0.446. The van der Waals surface area contributed by atoms with Crippen LogP contribution in [0.2, 0.25) is 0 Å². The van der Waals surface area contributed by atoms with E-state index in [1.54, 1.807) is 4.90 Å². The van der Waals surface area contributed by atoms with Crippen molar-refractivity contribution in [2.45, 2.75) is 32.4 Å². The fourth-order valence-electron chi connectivity index (χ4n) is 1.31. The molecule has 1 heterocycles. The highest BCUT2D eigenvalue weighted by Gasteiger charge is 2.27. The molecule has 1 aliphatic heterocycles. The molecule has 1 unspecified atom stereocenters. The van der Waals surface area contributed by atoms with Crippen LogP contribution in [0.5, 0.6) is 0 Å². The zero-order valence-corrected chi connectivity index (χ0v) is 8.99. The minimum absolute atomic E-state index is 0.00940. The smallest absolute Gasteiger partial charge is 0.411 e. The van der Waals surface area contributed by atoms with Gasteiger partial charge in [0, 0.05) is 13.1 Å². The van der Waals surface area contributed by atoms with Crippen LogP contribution in [0.15, 0.2) is 12.2 Å². The molecule has 1 amide bonds. The molecule has 4 heteroatoms. The predicted octanol–water partition coefficient (Wildman–Crippen LogP) is 1.12. The van der Waals surface area contributed by atoms with E-state index >= 15 is 0 Å². The summed E-state index contributed by atoms with van der Waals surface area (Å²) in [7, 11) is 0. The average molecular weight is 198 g/mol. The molecule has 80 valence electrons. The van der Waals surface area contributed by atoms with Crippen molar-refractivity contribution in [2.24, 2.45) is 5.73 Å². The molecule has 0 aromatic carbocycles. The van der Waals surface area contributed by atoms with Crippen LogP contribution in [0.25, 0.3) is 0 Å². The summed E-state index contributed by atoms with van der Waals surface area (Å²) < 4.78 is 5.25. The number of hydrogen-bond acceptors (Lipinski definition) is 3. The van der Waals surface area contributed by atoms with Gasteiger partial charge in [0.1, 0.15) is 5.60 Å². The number of hydrogen-bond donors (Lipinski definition) is 1. The Labute approximate surface area is 84.7 Å². The number of carbonyl (C=O) groups excluding carboxylic acids is 1. The zero-order chi connectivity index (χ0) is 10.8. The van der Waals surface area contributed by atoms with E-state index in [4.69, 9.17) is 10.5 Å². The summed E-state index contributed by atoms with van der Waals surface area (Å²) in [6, 6.07) is -0.00940. The molecule has 1 rings (SSSR count). The Kier molecular flexibility index (Phi) is 3.16. The molecule has 0 spiro atoms. The maximum Gasteiger partial charge on any atom is 0.411 e. The topological polar surface area (TPSA) is 55.6 Å². The van der Waals surface area contributed by atoms with E-state index in [0.29, 0.717) is 13.1 Å². The third-order valence-electron chi connectivity index (χ3n) is 1.93. The molecule has 0 aliphatic carbocycles. The standard InChI is InChI=1S/C10H18N2O2/c1-10(2,3)14-9(13)12-6-4-5-8(12)7-11/h4-5,8H,6-7,11H2,1-3H3. The van der Waals surface area contributed by atoms with Gasteiger partial charge >= 0.3 is 6.09 Å². The van der Waals surface area contributed by atoms with E-state index in [-0.39, 0.29) is 12.1 Å². The van der Waals surface area contributed by atoms with E-state index in [0.717, 1.165) is 0 Å². The maximum atomic E-state index is 11.6. The lowest BCUT2D eigenvalue weighted by Crippen LogP contribution is -2.43. The molecule has 4 nitrogen and oxygen atoms in total. The maximum absolute atomic E-state index is 11.6. The van der Waals surface area contributed by atoms with Gasteiger partial charge in [-0.05, 0) is 20.8 Å². The van der Waals surface area contributed by atoms with Gasteiger partial charge in [-0.3, -0.25) is 4.90 Å². The Morgan fingerprint density at radius 2 is 2.29 bits per heavy atom. The number of nitrogens with two attached hydrogens (primary N) is 1. The van der Waals surface area contributed by atoms with E-state index in [2.05, 4.69) is 0 Å². The number of carbonyl (C=O) groups is 1. The largest absolute Gasteiger partial charge is 0.444 e. The summed E-state index contributed by atoms with van der Waals surface area (Å²) >= 11 is 0. The summed E-state index contributed by atoms with van der Waals surface area (Å²) in [4.78, 5) is 13.3. The summed E-state index contributed by atoms with van der Waals surface area (Å²) in [5.74, 6) is 0. The predicted molar refractivity (Wildman–Crippen MR) is 54.9 cm³/mol. The highest BCUT2D eigenvalue weighted by atomic mass is 16.6. The highest BCUT2D eigenvalue weighted by Crippen LogP contribution is 2.15. The molecule has 0 saturated heterocycles. The van der Waals surface area contributed by atoms with E-state index in [9.17, 15) is 4.79 Å². The lowest BCUT2D eigenvalue weighted by atomic mass is 10.2. The first-order valence-electron chi connectivity index (χ1n) is 4.80. The van der Waals surface area contributed by atoms with Gasteiger partial charge in [-0.2, -0.15) is 0 Å². The second-order valence-electron chi connectivity index (χ2n) is 4.36. The quantitative estimate of drug-likeness (QED) is 0.642. The van der Waals surface area contributed by atoms with Crippen LogP contribution in [-0.2, 0) is 4.74 Å². The van der Waals surface area contributed by atoms with E-state index in [1.165, 1.54) is 0 Å². The van der Waals surface area contributed by atoms with Crippen molar-refractivity contribution in [1.29, 1.82) is 0 Å². The third-order valence-corrected chi connectivity index (χ3v) is 1.93. The van der Waals surface area contributed by atoms with Gasteiger partial charge in [0.25, 0.3) is 0 Å². The van der Waals surface area contributed by atoms with Gasteiger partial charge in [0.2, 0.25) is 0 Å². The summed E-state index contributed by atoms with van der Waals surface area (Å²) in [5, 5.41) is 0. The summed E-state index contributed by atoms with van der Waals surface area (Å²) in [6.07, 6.45) is 3.57. The van der Waals surface area contributed by atoms with Crippen molar-refractivity contribution in [3.05, 3.63) is 12.2 Å². The molecule has 0 fully saturated rings. The van der Waals surface area contributed by atoms with E-state index in [1.807, 2.05) is 32.9 Å². The van der Waals surface area contributed by atoms with Crippen molar-refractivity contribution in [1.82, 2.24) is 4.90 Å². The van der Waals surface area contributed by atoms with Crippen LogP contribution in [-0.4, -0.2) is 35.7 Å². The Hall–Kier alpha value is -1.03. The number of ether oxygens (including phenoxy) is 1. The van der Waals surface area contributed by atoms with Gasteiger partial charge in [-0.1, -0.05) is 12.2 Å². The van der Waals surface area contributed by atoms with Crippen LogP contribution < -0.4 is 5.73 Å². The fourth-order valence-corrected chi connectivity index (χ4v) is 1.31. The zero-order valence-electron chi connectivity index (χ0n) is 8.99. The molecule has 14 heavy (non-hydrogen) atoms. The molecule has 0 bridgehead atoms. The summed E-state index contributed by atoms with van der Waals surface area (Å²) in [5.41, 5.74) is 5.08. The first-order chi connectivity index (χ1) is 6.44. The first-order valence-corrected chi connectivity index (χ1v) is 4.80. The van der Waals surface area contributed by atoms with Crippen molar-refractivity contribution in [3.8, 4) is 0 Å². The van der Waals surface area contributed by atoms with Crippen molar-refractivity contribution in [3.63, 3.8) is 0 Å². The molecule has 0 aromatic heterocycles. The average Bonchev–Trinajstić information content (AvgIpc) is 2.47. The summed E-state index contributed by atoms with van der Waals surface area (Å²) in [6.45, 7) is 6.59. The van der Waals surface area contributed by atoms with Gasteiger partial charge < -0.3 is 10.5 Å². The SMILES string of the molecule is CC(C)(C)OC(=O)N1CC=CC1CN. The molecule has 0 aromatic rings. The molecule has 1 aliphatic rings. The molecule has 0 saturated carbocycles. The molecule has 0 radical (unpaired) electrons. The van der Waals surface area contributed by atoms with Gasteiger partial charge in [-0.15, -0.1) is 0 Å². The number of nitrogens with zero attached hydrogens (tertiary/aromatic N) is 1. The Morgan fingerprint density at radius 1 is 1.64 bits per heavy atom. The van der Waals surface area contributed by atoms with Crippen LogP contribution >= 0.6 is 0 Å². The second-order valence-corrected chi connectivity index (χ2v) is 4.36. The van der Waals surface area contributed by atoms with E-state index < -0.39 is 5.60 Å². The molecule has 2 N–H and O–H groups in total. The normalized spacial score (nSPS) is 21.4. The fraction of sp³-hybridized carbons (Fsp3) is 0.700. The second kappa shape index (κ2) is 4.00. The third kappa shape index (κ3) is 2.73. The number of rotatable bonds is 1. The minimum Gasteiger partial charge on any atom is -0.444 e. The highest BCUT2D eigenvalue weighted by molar-refractivity contribution is 5.69. The van der Waals surface area contributed by atoms with Crippen molar-refractivity contribution >= 4 is 6.09 Å². The van der Waals surface area contributed by atoms with Crippen molar-refractivity contribution in [2.75, 3.05) is 13.1 Å². The molecular weight excluding hydrogens is 180 g/mol. The van der Waals surface area contributed by atoms with Gasteiger partial charge in [0.05, 0.1) is 6.04 Å². The number of amides is 1. The van der Waals surface area contributed by atoms with Gasteiger partial charge in [0.15, 0.2) is 0 Å². The van der Waals surface area contributed by atoms with Crippen LogP contribution in [0.3, 0.4) is 0 Å². The first kappa shape index (κ1) is 11.0. The molecular formula is C10H18N2O2. The lowest BCUT2D eigenvalue weighted by Gasteiger charge is -2.27. The van der Waals surface area contributed by atoms with Crippen LogP contribution in [0.1, 0.15) is 20.8 Å². The van der Waals surface area contributed by atoms with Crippen LogP contribution in [0, 0.1) is 0 Å². The lowest BCUT2D eigenvalue weighted by molar-refractivity contribution is 0.0247. The Balaban J connectivity index is 2.54.